The highest BCUT2D eigenvalue weighted by Crippen LogP contribution is 2.17. The molecule has 0 radical (unpaired) electrons. The summed E-state index contributed by atoms with van der Waals surface area (Å²) in [5.41, 5.74) is 4.67. The van der Waals surface area contributed by atoms with Gasteiger partial charge in [0.05, 0.1) is 10.6 Å². The van der Waals surface area contributed by atoms with E-state index in [4.69, 9.17) is 0 Å². The van der Waals surface area contributed by atoms with Gasteiger partial charge in [-0.2, -0.15) is 5.10 Å². The van der Waals surface area contributed by atoms with Gasteiger partial charge in [-0.25, -0.2) is 0 Å². The molecule has 0 fully saturated rings. The molecule has 0 aliphatic rings. The Balaban J connectivity index is 1.23. The molecule has 33 heavy (non-hydrogen) atoms. The lowest BCUT2D eigenvalue weighted by atomic mass is 10.1. The Morgan fingerprint density at radius 3 is 2.55 bits per heavy atom. The van der Waals surface area contributed by atoms with Crippen molar-refractivity contribution in [1.82, 2.24) is 20.4 Å². The molecule has 7 heteroatoms. The van der Waals surface area contributed by atoms with E-state index in [2.05, 4.69) is 21.6 Å². The zero-order valence-corrected chi connectivity index (χ0v) is 19.3. The lowest BCUT2D eigenvalue weighted by molar-refractivity contribution is 0.0793. The molecule has 0 aliphatic carbocycles. The monoisotopic (exact) mass is 458 g/mol. The van der Waals surface area contributed by atoms with Crippen molar-refractivity contribution in [2.75, 3.05) is 13.6 Å². The number of amides is 2. The van der Waals surface area contributed by atoms with Crippen molar-refractivity contribution >= 4 is 23.2 Å². The molecule has 0 saturated carbocycles. The fourth-order valence-corrected chi connectivity index (χ4v) is 4.16. The van der Waals surface area contributed by atoms with E-state index >= 15 is 0 Å². The summed E-state index contributed by atoms with van der Waals surface area (Å²) in [4.78, 5) is 27.2. The van der Waals surface area contributed by atoms with Crippen molar-refractivity contribution in [3.05, 3.63) is 99.9 Å². The largest absolute Gasteiger partial charge is 0.347 e. The van der Waals surface area contributed by atoms with Gasteiger partial charge >= 0.3 is 0 Å². The van der Waals surface area contributed by atoms with Gasteiger partial charge in [0, 0.05) is 37.0 Å². The van der Waals surface area contributed by atoms with E-state index in [0.717, 1.165) is 35.4 Å². The Labute approximate surface area is 197 Å². The highest BCUT2D eigenvalue weighted by molar-refractivity contribution is 7.12. The second kappa shape index (κ2) is 10.7. The molecule has 0 unspecified atom stereocenters. The minimum absolute atomic E-state index is 0.0150. The summed E-state index contributed by atoms with van der Waals surface area (Å²) in [7, 11) is 1.82. The molecular formula is C26H26N4O2S. The lowest BCUT2D eigenvalue weighted by Gasteiger charge is -2.17. The Bertz CT molecular complexity index is 1180. The summed E-state index contributed by atoms with van der Waals surface area (Å²) in [6.45, 7) is 1.08. The first kappa shape index (κ1) is 22.5. The molecule has 0 bridgehead atoms. The summed E-state index contributed by atoms with van der Waals surface area (Å²) in [5, 5.41) is 12.2. The Morgan fingerprint density at radius 2 is 1.82 bits per heavy atom. The summed E-state index contributed by atoms with van der Waals surface area (Å²) in [5.74, 6) is -0.100. The Kier molecular flexibility index (Phi) is 7.32. The van der Waals surface area contributed by atoms with Gasteiger partial charge in [0.1, 0.15) is 0 Å². The quantitative estimate of drug-likeness (QED) is 0.379. The van der Waals surface area contributed by atoms with E-state index in [1.165, 1.54) is 11.3 Å². The van der Waals surface area contributed by atoms with Crippen LogP contribution in [0.1, 0.15) is 37.7 Å². The van der Waals surface area contributed by atoms with Crippen LogP contribution < -0.4 is 5.32 Å². The zero-order chi connectivity index (χ0) is 23.0. The van der Waals surface area contributed by atoms with Crippen molar-refractivity contribution in [2.24, 2.45) is 0 Å². The number of hydrogen-bond donors (Lipinski definition) is 2. The number of rotatable bonds is 9. The second-order valence-electron chi connectivity index (χ2n) is 7.83. The average Bonchev–Trinajstić information content (AvgIpc) is 3.56. The molecule has 0 spiro atoms. The summed E-state index contributed by atoms with van der Waals surface area (Å²) in [6.07, 6.45) is 1.66. The van der Waals surface area contributed by atoms with Gasteiger partial charge in [0.15, 0.2) is 0 Å². The maximum absolute atomic E-state index is 12.7. The molecule has 2 amide bonds. The van der Waals surface area contributed by atoms with Gasteiger partial charge in [-0.15, -0.1) is 11.3 Å². The summed E-state index contributed by atoms with van der Waals surface area (Å²) in [6, 6.07) is 23.2. The average molecular weight is 459 g/mol. The molecule has 168 valence electrons. The number of aryl methyl sites for hydroxylation is 1. The Hall–Kier alpha value is -3.71. The fraction of sp³-hybridized carbons (Fsp3) is 0.192. The number of nitrogens with zero attached hydrogens (tertiary/aromatic N) is 2. The molecule has 0 aliphatic heterocycles. The topological polar surface area (TPSA) is 78.1 Å². The maximum atomic E-state index is 12.7. The van der Waals surface area contributed by atoms with E-state index in [9.17, 15) is 9.59 Å². The van der Waals surface area contributed by atoms with E-state index < -0.39 is 0 Å². The fourth-order valence-electron chi connectivity index (χ4n) is 3.52. The Morgan fingerprint density at radius 1 is 1.03 bits per heavy atom. The van der Waals surface area contributed by atoms with Crippen LogP contribution in [0.5, 0.6) is 0 Å². The number of carbonyl (C=O) groups excluding carboxylic acids is 2. The van der Waals surface area contributed by atoms with Crippen LogP contribution in [0.3, 0.4) is 0 Å². The SMILES string of the molecule is CN(CCCc1cc(-c2ccccc2)n[nH]1)C(=O)c1ccc(CNC(=O)c2cccs2)cc1. The first-order chi connectivity index (χ1) is 16.1. The van der Waals surface area contributed by atoms with Crippen LogP contribution >= 0.6 is 11.3 Å². The third-order valence-electron chi connectivity index (χ3n) is 5.39. The minimum Gasteiger partial charge on any atom is -0.347 e. The molecule has 0 saturated heterocycles. The first-order valence-corrected chi connectivity index (χ1v) is 11.7. The molecule has 2 aromatic carbocycles. The predicted octanol–water partition coefficient (Wildman–Crippen LogP) is 4.77. The third kappa shape index (κ3) is 5.96. The molecule has 2 heterocycles. The van der Waals surface area contributed by atoms with Crippen LogP contribution in [-0.2, 0) is 13.0 Å². The van der Waals surface area contributed by atoms with E-state index in [1.807, 2.05) is 73.1 Å². The van der Waals surface area contributed by atoms with Crippen molar-refractivity contribution in [2.45, 2.75) is 19.4 Å². The number of carbonyl (C=O) groups is 2. The molecule has 6 nitrogen and oxygen atoms in total. The predicted molar refractivity (Wildman–Crippen MR) is 131 cm³/mol. The van der Waals surface area contributed by atoms with E-state index in [1.54, 1.807) is 11.0 Å². The third-order valence-corrected chi connectivity index (χ3v) is 6.25. The van der Waals surface area contributed by atoms with Crippen LogP contribution in [-0.4, -0.2) is 40.5 Å². The van der Waals surface area contributed by atoms with Crippen LogP contribution in [0.4, 0.5) is 0 Å². The van der Waals surface area contributed by atoms with Crippen LogP contribution in [0, 0.1) is 0 Å². The van der Waals surface area contributed by atoms with E-state index in [0.29, 0.717) is 23.5 Å². The molecule has 0 atom stereocenters. The van der Waals surface area contributed by atoms with Crippen molar-refractivity contribution < 1.29 is 9.59 Å². The highest BCUT2D eigenvalue weighted by atomic mass is 32.1. The van der Waals surface area contributed by atoms with Crippen LogP contribution in [0.25, 0.3) is 11.3 Å². The van der Waals surface area contributed by atoms with Gasteiger partial charge in [-0.05, 0) is 48.1 Å². The smallest absolute Gasteiger partial charge is 0.261 e. The molecule has 4 aromatic rings. The zero-order valence-electron chi connectivity index (χ0n) is 18.5. The maximum Gasteiger partial charge on any atom is 0.261 e. The number of benzene rings is 2. The second-order valence-corrected chi connectivity index (χ2v) is 8.78. The minimum atomic E-state index is -0.0851. The summed E-state index contributed by atoms with van der Waals surface area (Å²) >= 11 is 1.41. The van der Waals surface area contributed by atoms with Gasteiger partial charge in [-0.3, -0.25) is 14.7 Å². The van der Waals surface area contributed by atoms with Gasteiger partial charge < -0.3 is 10.2 Å². The van der Waals surface area contributed by atoms with Crippen LogP contribution in [0.2, 0.25) is 0 Å². The van der Waals surface area contributed by atoms with Crippen molar-refractivity contribution in [3.8, 4) is 11.3 Å². The number of H-pyrrole nitrogens is 1. The van der Waals surface area contributed by atoms with E-state index in [-0.39, 0.29) is 11.8 Å². The van der Waals surface area contributed by atoms with Crippen molar-refractivity contribution in [1.29, 1.82) is 0 Å². The molecule has 4 rings (SSSR count). The number of aromatic amines is 1. The highest BCUT2D eigenvalue weighted by Gasteiger charge is 2.12. The van der Waals surface area contributed by atoms with Gasteiger partial charge in [-0.1, -0.05) is 48.5 Å². The van der Waals surface area contributed by atoms with Crippen LogP contribution in [0.15, 0.2) is 78.2 Å². The molecule has 2 N–H and O–H groups in total. The number of aromatic nitrogens is 2. The molecule has 2 aromatic heterocycles. The number of nitrogens with one attached hydrogen (secondary N) is 2. The standard InChI is InChI=1S/C26H26N4O2S/c1-30(15-5-9-22-17-23(29-28-22)20-7-3-2-4-8-20)26(32)21-13-11-19(12-14-21)18-27-25(31)24-10-6-16-33-24/h2-4,6-8,10-14,16-17H,5,9,15,18H2,1H3,(H,27,31)(H,28,29). The molecular weight excluding hydrogens is 432 g/mol. The van der Waals surface area contributed by atoms with Gasteiger partial charge in [0.2, 0.25) is 0 Å². The lowest BCUT2D eigenvalue weighted by Crippen LogP contribution is -2.28. The van der Waals surface area contributed by atoms with Crippen molar-refractivity contribution in [3.63, 3.8) is 0 Å². The normalized spacial score (nSPS) is 10.7. The van der Waals surface area contributed by atoms with Gasteiger partial charge in [0.25, 0.3) is 11.8 Å². The number of thiophene rings is 1. The summed E-state index contributed by atoms with van der Waals surface area (Å²) < 4.78 is 0. The number of hydrogen-bond acceptors (Lipinski definition) is 4. The first-order valence-electron chi connectivity index (χ1n) is 10.9.